The molecule has 0 atom stereocenters. The van der Waals surface area contributed by atoms with Crippen LogP contribution in [0.5, 0.6) is 0 Å². The van der Waals surface area contributed by atoms with Crippen molar-refractivity contribution < 1.29 is 38.7 Å². The summed E-state index contributed by atoms with van der Waals surface area (Å²) in [5.41, 5.74) is 1.14. The van der Waals surface area contributed by atoms with E-state index in [2.05, 4.69) is 15.8 Å². The maximum absolute atomic E-state index is 11.9. The van der Waals surface area contributed by atoms with Gasteiger partial charge in [-0.05, 0) is 76.9 Å². The van der Waals surface area contributed by atoms with Crippen LogP contribution in [0.15, 0.2) is 47.6 Å². The van der Waals surface area contributed by atoms with E-state index in [9.17, 15) is 24.0 Å². The number of carbonyl (C=O) groups excluding carboxylic acids is 5. The molecule has 0 saturated heterocycles. The summed E-state index contributed by atoms with van der Waals surface area (Å²) in [6, 6.07) is 11.7. The van der Waals surface area contributed by atoms with Crippen molar-refractivity contribution in [3.05, 3.63) is 59.2 Å². The molecule has 39 heavy (non-hydrogen) atoms. The molecule has 0 fully saturated rings. The van der Waals surface area contributed by atoms with E-state index >= 15 is 0 Å². The Labute approximate surface area is 226 Å². The average Bonchev–Trinajstić information content (AvgIpc) is 3.17. The molecule has 11 heteroatoms. The molecular formula is C28H33N3O8. The van der Waals surface area contributed by atoms with E-state index in [0.29, 0.717) is 35.7 Å². The van der Waals surface area contributed by atoms with Gasteiger partial charge in [-0.2, -0.15) is 0 Å². The van der Waals surface area contributed by atoms with Gasteiger partial charge < -0.3 is 25.3 Å². The predicted molar refractivity (Wildman–Crippen MR) is 144 cm³/mol. The summed E-state index contributed by atoms with van der Waals surface area (Å²) in [4.78, 5) is 57.9. The van der Waals surface area contributed by atoms with Crippen LogP contribution < -0.4 is 10.6 Å². The Morgan fingerprint density at radius 2 is 1.41 bits per heavy atom. The van der Waals surface area contributed by atoms with Crippen LogP contribution in [0.25, 0.3) is 0 Å². The van der Waals surface area contributed by atoms with Crippen molar-refractivity contribution in [3.8, 4) is 0 Å². The number of amides is 2. The van der Waals surface area contributed by atoms with Crippen molar-refractivity contribution in [1.82, 2.24) is 0 Å². The largest absolute Gasteiger partial charge is 0.465 e. The minimum Gasteiger partial charge on any atom is -0.465 e. The van der Waals surface area contributed by atoms with Gasteiger partial charge in [-0.3, -0.25) is 24.0 Å². The number of Topliss-reactive ketones (excluding diaryl/α,β-unsaturated/α-hetero) is 1. The number of rotatable bonds is 8. The highest BCUT2D eigenvalue weighted by molar-refractivity contribution is 6.51. The third-order valence-corrected chi connectivity index (χ3v) is 6.06. The lowest BCUT2D eigenvalue weighted by atomic mass is 9.83. The minimum atomic E-state index is -0.864. The number of benzene rings is 2. The number of anilines is 2. The molecule has 0 unspecified atom stereocenters. The first-order valence-corrected chi connectivity index (χ1v) is 12.2. The number of ketones is 1. The molecule has 0 radical (unpaired) electrons. The average molecular weight is 540 g/mol. The second kappa shape index (κ2) is 12.8. The SMILES string of the molecule is CCOC(=O)C(C)(C)c1ccc(NC(=O)/C=N/O)cc1.CCOC(=O)C(C)(C)c1ccc2c(c1)C(=O)C(=O)N2. The summed E-state index contributed by atoms with van der Waals surface area (Å²) in [5, 5.41) is 15.9. The van der Waals surface area contributed by atoms with Gasteiger partial charge in [0.15, 0.2) is 0 Å². The Kier molecular flexibility index (Phi) is 10.1. The summed E-state index contributed by atoms with van der Waals surface area (Å²) in [6.07, 6.45) is 0.760. The standard InChI is InChI=1S/C14H18N2O4.C14H15NO4/c1-4-20-13(18)14(2,3)10-5-7-11(8-6-10)16-12(17)9-15-19;1-4-19-13(18)14(2,3)8-5-6-10-9(7-8)11(16)12(17)15-10/h5-9,19H,4H2,1-3H3,(H,16,17);5-7H,4H2,1-3H3,(H,15,16,17)/b15-9+;. The lowest BCUT2D eigenvalue weighted by Crippen LogP contribution is -2.31. The van der Waals surface area contributed by atoms with Crippen molar-refractivity contribution >= 4 is 47.1 Å². The highest BCUT2D eigenvalue weighted by Gasteiger charge is 2.35. The Morgan fingerprint density at radius 3 is 1.92 bits per heavy atom. The quantitative estimate of drug-likeness (QED) is 0.151. The number of hydrogen-bond acceptors (Lipinski definition) is 9. The van der Waals surface area contributed by atoms with E-state index in [1.54, 1.807) is 84.0 Å². The van der Waals surface area contributed by atoms with Gasteiger partial charge >= 0.3 is 11.9 Å². The lowest BCUT2D eigenvalue weighted by molar-refractivity contribution is -0.149. The Bertz CT molecular complexity index is 1280. The van der Waals surface area contributed by atoms with Gasteiger partial charge in [0.2, 0.25) is 0 Å². The number of nitrogens with zero attached hydrogens (tertiary/aromatic N) is 1. The summed E-state index contributed by atoms with van der Waals surface area (Å²) < 4.78 is 10.1. The van der Waals surface area contributed by atoms with Crippen LogP contribution in [0.1, 0.15) is 63.0 Å². The second-order valence-corrected chi connectivity index (χ2v) is 9.55. The van der Waals surface area contributed by atoms with E-state index in [1.807, 2.05) is 0 Å². The van der Waals surface area contributed by atoms with Crippen LogP contribution >= 0.6 is 0 Å². The van der Waals surface area contributed by atoms with Crippen LogP contribution in [0.3, 0.4) is 0 Å². The molecule has 11 nitrogen and oxygen atoms in total. The zero-order valence-electron chi connectivity index (χ0n) is 22.8. The minimum absolute atomic E-state index is 0.298. The maximum Gasteiger partial charge on any atom is 0.315 e. The molecule has 0 saturated carbocycles. The van der Waals surface area contributed by atoms with Crippen LogP contribution in [-0.2, 0) is 39.5 Å². The number of fused-ring (bicyclic) bond motifs is 1. The third kappa shape index (κ3) is 7.28. The fourth-order valence-electron chi connectivity index (χ4n) is 3.59. The topological polar surface area (TPSA) is 160 Å². The summed E-state index contributed by atoms with van der Waals surface area (Å²) in [5.74, 6) is -2.41. The Balaban J connectivity index is 0.000000274. The molecular weight excluding hydrogens is 506 g/mol. The van der Waals surface area contributed by atoms with E-state index in [-0.39, 0.29) is 11.9 Å². The van der Waals surface area contributed by atoms with Gasteiger partial charge in [-0.1, -0.05) is 23.4 Å². The van der Waals surface area contributed by atoms with Crippen molar-refractivity contribution in [1.29, 1.82) is 0 Å². The smallest absolute Gasteiger partial charge is 0.315 e. The first-order chi connectivity index (χ1) is 18.3. The number of hydrogen-bond donors (Lipinski definition) is 3. The second-order valence-electron chi connectivity index (χ2n) is 9.55. The number of ether oxygens (including phenoxy) is 2. The number of nitrogens with one attached hydrogen (secondary N) is 2. The van der Waals surface area contributed by atoms with Crippen LogP contribution in [0, 0.1) is 0 Å². The Morgan fingerprint density at radius 1 is 0.897 bits per heavy atom. The molecule has 0 spiro atoms. The predicted octanol–water partition coefficient (Wildman–Crippen LogP) is 3.59. The van der Waals surface area contributed by atoms with Gasteiger partial charge in [0.1, 0.15) is 6.21 Å². The third-order valence-electron chi connectivity index (χ3n) is 6.06. The molecule has 3 N–H and O–H groups in total. The lowest BCUT2D eigenvalue weighted by Gasteiger charge is -2.23. The van der Waals surface area contributed by atoms with Crippen molar-refractivity contribution in [2.75, 3.05) is 23.8 Å². The first kappa shape index (κ1) is 30.7. The molecule has 0 aromatic heterocycles. The van der Waals surface area contributed by atoms with Crippen molar-refractivity contribution in [3.63, 3.8) is 0 Å². The van der Waals surface area contributed by atoms with E-state index in [4.69, 9.17) is 14.7 Å². The maximum atomic E-state index is 11.9. The molecule has 2 amide bonds. The number of oxime groups is 1. The van der Waals surface area contributed by atoms with Crippen molar-refractivity contribution in [2.24, 2.45) is 5.16 Å². The molecule has 208 valence electrons. The molecule has 3 rings (SSSR count). The van der Waals surface area contributed by atoms with Crippen LogP contribution in [0.2, 0.25) is 0 Å². The van der Waals surface area contributed by atoms with Crippen LogP contribution in [-0.4, -0.2) is 54.2 Å². The highest BCUT2D eigenvalue weighted by Crippen LogP contribution is 2.31. The highest BCUT2D eigenvalue weighted by atomic mass is 16.5. The molecule has 0 aliphatic carbocycles. The first-order valence-electron chi connectivity index (χ1n) is 12.2. The summed E-state index contributed by atoms with van der Waals surface area (Å²) in [7, 11) is 0. The molecule has 0 bridgehead atoms. The fourth-order valence-corrected chi connectivity index (χ4v) is 3.59. The summed E-state index contributed by atoms with van der Waals surface area (Å²) in [6.45, 7) is 11.1. The van der Waals surface area contributed by atoms with Gasteiger partial charge in [0.25, 0.3) is 17.6 Å². The molecule has 1 aliphatic rings. The molecule has 2 aromatic carbocycles. The normalized spacial score (nSPS) is 12.7. The Hall–Kier alpha value is -4.54. The monoisotopic (exact) mass is 539 g/mol. The number of esters is 2. The molecule has 1 heterocycles. The summed E-state index contributed by atoms with van der Waals surface area (Å²) >= 11 is 0. The van der Waals surface area contributed by atoms with Gasteiger partial charge in [0, 0.05) is 5.69 Å². The van der Waals surface area contributed by atoms with Crippen LogP contribution in [0.4, 0.5) is 11.4 Å². The van der Waals surface area contributed by atoms with E-state index in [1.165, 1.54) is 0 Å². The molecule has 1 aliphatic heterocycles. The number of carbonyl (C=O) groups is 5. The zero-order chi connectivity index (χ0) is 29.4. The van der Waals surface area contributed by atoms with E-state index in [0.717, 1.165) is 11.8 Å². The zero-order valence-corrected chi connectivity index (χ0v) is 22.8. The van der Waals surface area contributed by atoms with Crippen molar-refractivity contribution in [2.45, 2.75) is 52.4 Å². The van der Waals surface area contributed by atoms with Gasteiger partial charge in [0.05, 0.1) is 35.3 Å². The molecule has 2 aromatic rings. The fraction of sp³-hybridized carbons (Fsp3) is 0.357. The van der Waals surface area contributed by atoms with Gasteiger partial charge in [-0.25, -0.2) is 0 Å². The van der Waals surface area contributed by atoms with E-state index < -0.39 is 28.4 Å². The van der Waals surface area contributed by atoms with Gasteiger partial charge in [-0.15, -0.1) is 0 Å².